The van der Waals surface area contributed by atoms with Gasteiger partial charge in [-0.15, -0.1) is 0 Å². The Morgan fingerprint density at radius 2 is 1.93 bits per heavy atom. The molecule has 1 saturated carbocycles. The fourth-order valence-electron chi connectivity index (χ4n) is 2.53. The molecule has 0 bridgehead atoms. The third-order valence-electron chi connectivity index (χ3n) is 2.77. The molecular weight excluding hydrogens is 172 g/mol. The third-order valence-corrected chi connectivity index (χ3v) is 2.77. The van der Waals surface area contributed by atoms with E-state index in [1.165, 1.54) is 6.42 Å². The number of nitrogens with zero attached hydrogens (tertiary/aromatic N) is 2. The summed E-state index contributed by atoms with van der Waals surface area (Å²) in [4.78, 5) is 0. The van der Waals surface area contributed by atoms with Crippen molar-refractivity contribution in [2.75, 3.05) is 0 Å². The van der Waals surface area contributed by atoms with Crippen LogP contribution in [0.2, 0.25) is 0 Å². The zero-order valence-electron chi connectivity index (χ0n) is 9.09. The minimum Gasteiger partial charge on any atom is -0.192 e. The second-order valence-corrected chi connectivity index (χ2v) is 5.06. The van der Waals surface area contributed by atoms with E-state index in [2.05, 4.69) is 20.8 Å². The molecule has 1 fully saturated rings. The predicted octanol–water partition coefficient (Wildman–Crippen LogP) is 3.18. The van der Waals surface area contributed by atoms with Crippen molar-refractivity contribution in [1.29, 1.82) is 10.5 Å². The molecule has 1 rings (SSSR count). The van der Waals surface area contributed by atoms with Crippen LogP contribution in [0.4, 0.5) is 0 Å². The Bertz CT molecular complexity index is 320. The van der Waals surface area contributed by atoms with Crippen molar-refractivity contribution in [3.63, 3.8) is 0 Å². The van der Waals surface area contributed by atoms with Crippen LogP contribution in [0.3, 0.4) is 0 Å². The van der Waals surface area contributed by atoms with Crippen LogP contribution in [0.1, 0.15) is 40.0 Å². The summed E-state index contributed by atoms with van der Waals surface area (Å²) in [6.45, 7) is 6.59. The van der Waals surface area contributed by atoms with E-state index < -0.39 is 0 Å². The molecule has 14 heavy (non-hydrogen) atoms. The topological polar surface area (TPSA) is 47.6 Å². The van der Waals surface area contributed by atoms with E-state index in [1.807, 2.05) is 12.1 Å². The van der Waals surface area contributed by atoms with Crippen LogP contribution in [0.5, 0.6) is 0 Å². The summed E-state index contributed by atoms with van der Waals surface area (Å²) in [5, 5.41) is 17.6. The zero-order chi connectivity index (χ0) is 10.8. The van der Waals surface area contributed by atoms with E-state index in [0.717, 1.165) is 18.4 Å². The number of nitriles is 2. The van der Waals surface area contributed by atoms with Crippen LogP contribution in [0.25, 0.3) is 0 Å². The standard InChI is InChI=1S/C12H16N2/c1-9-4-10(11(7-13)8-14)6-12(2,3)5-9/h9H,4-6H2,1-3H3/t9-/m1/s1. The lowest BCUT2D eigenvalue weighted by molar-refractivity contribution is 0.234. The Kier molecular flexibility index (Phi) is 2.96. The minimum absolute atomic E-state index is 0.242. The minimum atomic E-state index is 0.242. The average Bonchev–Trinajstić information content (AvgIpc) is 2.02. The molecule has 0 amide bonds. The molecule has 0 aromatic rings. The normalized spacial score (nSPS) is 24.9. The van der Waals surface area contributed by atoms with Crippen LogP contribution in [0.15, 0.2) is 11.1 Å². The Labute approximate surface area is 85.8 Å². The quantitative estimate of drug-likeness (QED) is 0.548. The van der Waals surface area contributed by atoms with Crippen LogP contribution < -0.4 is 0 Å². The van der Waals surface area contributed by atoms with Crippen molar-refractivity contribution in [3.8, 4) is 12.1 Å². The van der Waals surface area contributed by atoms with Crippen molar-refractivity contribution < 1.29 is 0 Å². The molecule has 0 unspecified atom stereocenters. The molecule has 0 saturated heterocycles. The van der Waals surface area contributed by atoms with Gasteiger partial charge < -0.3 is 0 Å². The van der Waals surface area contributed by atoms with E-state index in [1.54, 1.807) is 0 Å². The number of allylic oxidation sites excluding steroid dienone is 2. The molecule has 1 aliphatic carbocycles. The molecule has 0 spiro atoms. The first-order valence-corrected chi connectivity index (χ1v) is 5.01. The van der Waals surface area contributed by atoms with Gasteiger partial charge in [0.15, 0.2) is 0 Å². The summed E-state index contributed by atoms with van der Waals surface area (Å²) in [5.74, 6) is 0.588. The first kappa shape index (κ1) is 10.8. The molecule has 0 aliphatic heterocycles. The molecule has 1 aliphatic rings. The van der Waals surface area contributed by atoms with Gasteiger partial charge in [-0.1, -0.05) is 20.8 Å². The Balaban J connectivity index is 2.99. The lowest BCUT2D eigenvalue weighted by Crippen LogP contribution is -2.23. The van der Waals surface area contributed by atoms with Gasteiger partial charge in [-0.3, -0.25) is 0 Å². The number of hydrogen-bond donors (Lipinski definition) is 0. The third kappa shape index (κ3) is 2.36. The highest BCUT2D eigenvalue weighted by atomic mass is 14.4. The van der Waals surface area contributed by atoms with Crippen molar-refractivity contribution in [3.05, 3.63) is 11.1 Å². The highest BCUT2D eigenvalue weighted by Crippen LogP contribution is 2.42. The molecular formula is C12H16N2. The van der Waals surface area contributed by atoms with Gasteiger partial charge in [-0.25, -0.2) is 0 Å². The summed E-state index contributed by atoms with van der Waals surface area (Å²) in [6.07, 6.45) is 2.99. The molecule has 0 aromatic heterocycles. The van der Waals surface area contributed by atoms with E-state index in [9.17, 15) is 0 Å². The Morgan fingerprint density at radius 3 is 2.36 bits per heavy atom. The van der Waals surface area contributed by atoms with Gasteiger partial charge in [0.1, 0.15) is 17.7 Å². The lowest BCUT2D eigenvalue weighted by atomic mass is 9.70. The van der Waals surface area contributed by atoms with Gasteiger partial charge in [0, 0.05) is 0 Å². The molecule has 74 valence electrons. The molecule has 0 heterocycles. The highest BCUT2D eigenvalue weighted by molar-refractivity contribution is 5.41. The average molecular weight is 188 g/mol. The van der Waals surface area contributed by atoms with Crippen LogP contribution in [-0.2, 0) is 0 Å². The lowest BCUT2D eigenvalue weighted by Gasteiger charge is -2.35. The molecule has 2 heteroatoms. The predicted molar refractivity (Wildman–Crippen MR) is 55.0 cm³/mol. The molecule has 0 radical (unpaired) electrons. The van der Waals surface area contributed by atoms with Crippen LogP contribution >= 0.6 is 0 Å². The van der Waals surface area contributed by atoms with Gasteiger partial charge in [0.05, 0.1) is 0 Å². The van der Waals surface area contributed by atoms with E-state index >= 15 is 0 Å². The SMILES string of the molecule is C[C@@H]1CC(=C(C#N)C#N)CC(C)(C)C1. The van der Waals surface area contributed by atoms with Gasteiger partial charge in [-0.05, 0) is 36.2 Å². The van der Waals surface area contributed by atoms with Gasteiger partial charge in [0.25, 0.3) is 0 Å². The van der Waals surface area contributed by atoms with Gasteiger partial charge in [-0.2, -0.15) is 10.5 Å². The molecule has 0 aromatic carbocycles. The first-order valence-electron chi connectivity index (χ1n) is 5.01. The Morgan fingerprint density at radius 1 is 1.36 bits per heavy atom. The van der Waals surface area contributed by atoms with E-state index in [0.29, 0.717) is 11.5 Å². The molecule has 1 atom stereocenters. The van der Waals surface area contributed by atoms with E-state index in [-0.39, 0.29) is 5.41 Å². The summed E-state index contributed by atoms with van der Waals surface area (Å²) < 4.78 is 0. The second-order valence-electron chi connectivity index (χ2n) is 5.06. The van der Waals surface area contributed by atoms with Crippen molar-refractivity contribution in [2.45, 2.75) is 40.0 Å². The maximum absolute atomic E-state index is 8.80. The maximum Gasteiger partial charge on any atom is 0.128 e. The second kappa shape index (κ2) is 3.84. The van der Waals surface area contributed by atoms with Crippen LogP contribution in [0, 0.1) is 34.0 Å². The van der Waals surface area contributed by atoms with Gasteiger partial charge >= 0.3 is 0 Å². The summed E-state index contributed by atoms with van der Waals surface area (Å²) in [5.41, 5.74) is 1.63. The molecule has 2 nitrogen and oxygen atoms in total. The number of rotatable bonds is 0. The maximum atomic E-state index is 8.80. The van der Waals surface area contributed by atoms with Crippen molar-refractivity contribution in [2.24, 2.45) is 11.3 Å². The van der Waals surface area contributed by atoms with E-state index in [4.69, 9.17) is 10.5 Å². The van der Waals surface area contributed by atoms with Gasteiger partial charge in [0.2, 0.25) is 0 Å². The Hall–Kier alpha value is -1.28. The largest absolute Gasteiger partial charge is 0.192 e. The summed E-state index contributed by atoms with van der Waals surface area (Å²) >= 11 is 0. The molecule has 0 N–H and O–H groups in total. The summed E-state index contributed by atoms with van der Waals surface area (Å²) in [6, 6.07) is 4.00. The fourth-order valence-corrected chi connectivity index (χ4v) is 2.53. The smallest absolute Gasteiger partial charge is 0.128 e. The van der Waals surface area contributed by atoms with Crippen molar-refractivity contribution in [1.82, 2.24) is 0 Å². The zero-order valence-corrected chi connectivity index (χ0v) is 9.09. The van der Waals surface area contributed by atoms with Crippen LogP contribution in [-0.4, -0.2) is 0 Å². The first-order chi connectivity index (χ1) is 6.48. The fraction of sp³-hybridized carbons (Fsp3) is 0.667. The summed E-state index contributed by atoms with van der Waals surface area (Å²) in [7, 11) is 0. The number of hydrogen-bond acceptors (Lipinski definition) is 2. The monoisotopic (exact) mass is 188 g/mol. The highest BCUT2D eigenvalue weighted by Gasteiger charge is 2.30. The van der Waals surface area contributed by atoms with Crippen molar-refractivity contribution >= 4 is 0 Å².